The molecule has 1 aliphatic rings. The van der Waals surface area contributed by atoms with E-state index in [2.05, 4.69) is 281 Å². The van der Waals surface area contributed by atoms with Gasteiger partial charge in [-0.15, -0.1) is 0 Å². The molecule has 0 saturated carbocycles. The molecule has 366 valence electrons. The van der Waals surface area contributed by atoms with E-state index in [0.717, 1.165) is 0 Å². The molecule has 0 saturated heterocycles. The molecule has 0 nitrogen and oxygen atoms in total. The van der Waals surface area contributed by atoms with Crippen LogP contribution in [-0.4, -0.2) is 0 Å². The summed E-state index contributed by atoms with van der Waals surface area (Å²) in [5.74, 6) is 0. The van der Waals surface area contributed by atoms with Gasteiger partial charge in [0.1, 0.15) is 0 Å². The summed E-state index contributed by atoms with van der Waals surface area (Å²) in [6.45, 7) is 4.81. The summed E-state index contributed by atoms with van der Waals surface area (Å²) in [5.41, 5.74) is 15.1. The molecule has 0 heterocycles. The van der Waals surface area contributed by atoms with E-state index < -0.39 is 0 Å². The van der Waals surface area contributed by atoms with E-state index in [-0.39, 0.29) is 5.41 Å². The summed E-state index contributed by atoms with van der Waals surface area (Å²) in [6.07, 6.45) is 0. The van der Waals surface area contributed by atoms with Crippen molar-refractivity contribution in [2.24, 2.45) is 0 Å². The molecule has 0 N–H and O–H groups in total. The van der Waals surface area contributed by atoms with Crippen molar-refractivity contribution in [2.75, 3.05) is 0 Å². The van der Waals surface area contributed by atoms with Gasteiger partial charge in [0.25, 0.3) is 0 Å². The monoisotopic (exact) mass is 998 g/mol. The third kappa shape index (κ3) is 6.50. The minimum atomic E-state index is -0.190. The Labute approximate surface area is 458 Å². The summed E-state index contributed by atoms with van der Waals surface area (Å²) in [4.78, 5) is 0. The molecule has 79 heavy (non-hydrogen) atoms. The van der Waals surface area contributed by atoms with Gasteiger partial charge >= 0.3 is 0 Å². The van der Waals surface area contributed by atoms with Gasteiger partial charge in [0.05, 0.1) is 0 Å². The summed E-state index contributed by atoms with van der Waals surface area (Å²) in [5, 5.41) is 25.7. The van der Waals surface area contributed by atoms with Crippen LogP contribution in [0.4, 0.5) is 0 Å². The number of rotatable bonds is 4. The molecule has 0 aromatic heterocycles. The van der Waals surface area contributed by atoms with Crippen molar-refractivity contribution in [1.29, 1.82) is 0 Å². The lowest BCUT2D eigenvalue weighted by molar-refractivity contribution is 0.661. The third-order valence-corrected chi connectivity index (χ3v) is 18.1. The first-order valence-electron chi connectivity index (χ1n) is 27.8. The maximum Gasteiger partial charge on any atom is 0.0159 e. The molecule has 0 spiro atoms. The third-order valence-electron chi connectivity index (χ3n) is 18.1. The Kier molecular flexibility index (Phi) is 9.28. The highest BCUT2D eigenvalue weighted by molar-refractivity contribution is 6.34. The van der Waals surface area contributed by atoms with E-state index in [0.29, 0.717) is 0 Å². The van der Waals surface area contributed by atoms with E-state index in [1.807, 2.05) is 0 Å². The fourth-order valence-corrected chi connectivity index (χ4v) is 14.3. The molecule has 16 aromatic carbocycles. The van der Waals surface area contributed by atoms with Gasteiger partial charge in [0.15, 0.2) is 0 Å². The highest BCUT2D eigenvalue weighted by Gasteiger charge is 2.36. The fraction of sp³-hybridized carbons (Fsp3) is 0.0380. The molecule has 0 heteroatoms. The van der Waals surface area contributed by atoms with Crippen LogP contribution in [0.15, 0.2) is 267 Å². The molecule has 16 aromatic rings. The maximum atomic E-state index is 2.46. The summed E-state index contributed by atoms with van der Waals surface area (Å²) in [6, 6.07) is 101. The largest absolute Gasteiger partial charge is 0.0616 e. The average molecular weight is 999 g/mol. The molecule has 1 aliphatic carbocycles. The number of hydrogen-bond acceptors (Lipinski definition) is 0. The number of benzene rings is 16. The van der Waals surface area contributed by atoms with Gasteiger partial charge in [0.2, 0.25) is 0 Å². The average Bonchev–Trinajstić information content (AvgIpc) is 3.99. The van der Waals surface area contributed by atoms with E-state index >= 15 is 0 Å². The predicted octanol–water partition coefficient (Wildman–Crippen LogP) is 22.2. The Bertz CT molecular complexity index is 5010. The molecular formula is C79H50. The second-order valence-electron chi connectivity index (χ2n) is 22.7. The summed E-state index contributed by atoms with van der Waals surface area (Å²) in [7, 11) is 0. The van der Waals surface area contributed by atoms with Crippen LogP contribution in [-0.2, 0) is 5.41 Å². The number of fused-ring (bicyclic) bond motifs is 21. The van der Waals surface area contributed by atoms with Gasteiger partial charge in [-0.05, 0) is 223 Å². The highest BCUT2D eigenvalue weighted by Crippen LogP contribution is 2.52. The normalized spacial score (nSPS) is 13.0. The highest BCUT2D eigenvalue weighted by atomic mass is 14.4. The maximum absolute atomic E-state index is 2.46. The molecule has 17 rings (SSSR count). The first kappa shape index (κ1) is 44.3. The second kappa shape index (κ2) is 16.6. The van der Waals surface area contributed by atoms with E-state index in [9.17, 15) is 0 Å². The lowest BCUT2D eigenvalue weighted by atomic mass is 9.80. The van der Waals surface area contributed by atoms with Gasteiger partial charge < -0.3 is 0 Å². The van der Waals surface area contributed by atoms with Crippen molar-refractivity contribution in [2.45, 2.75) is 19.3 Å². The molecule has 0 unspecified atom stereocenters. The smallest absolute Gasteiger partial charge is 0.0159 e. The fourth-order valence-electron chi connectivity index (χ4n) is 14.3. The summed E-state index contributed by atoms with van der Waals surface area (Å²) >= 11 is 0. The van der Waals surface area contributed by atoms with Gasteiger partial charge in [-0.3, -0.25) is 0 Å². The predicted molar refractivity (Wildman–Crippen MR) is 341 cm³/mol. The molecule has 0 aliphatic heterocycles. The van der Waals surface area contributed by atoms with Crippen LogP contribution < -0.4 is 0 Å². The van der Waals surface area contributed by atoms with Crippen molar-refractivity contribution < 1.29 is 0 Å². The minimum Gasteiger partial charge on any atom is -0.0616 e. The molecule has 0 radical (unpaired) electrons. The summed E-state index contributed by atoms with van der Waals surface area (Å²) < 4.78 is 0. The van der Waals surface area contributed by atoms with Gasteiger partial charge in [0, 0.05) is 5.41 Å². The first-order valence-corrected chi connectivity index (χ1v) is 27.8. The van der Waals surface area contributed by atoms with Crippen LogP contribution in [0.1, 0.15) is 25.0 Å². The Morgan fingerprint density at radius 1 is 0.190 bits per heavy atom. The quantitative estimate of drug-likeness (QED) is 0.154. The van der Waals surface area contributed by atoms with Crippen molar-refractivity contribution in [1.82, 2.24) is 0 Å². The Morgan fingerprint density at radius 2 is 0.456 bits per heavy atom. The Hall–Kier alpha value is -9.88. The zero-order valence-corrected chi connectivity index (χ0v) is 43.9. The van der Waals surface area contributed by atoms with E-state index in [4.69, 9.17) is 0 Å². The zero-order chi connectivity index (χ0) is 52.1. The van der Waals surface area contributed by atoms with Gasteiger partial charge in [-0.25, -0.2) is 0 Å². The van der Waals surface area contributed by atoms with Crippen LogP contribution in [0, 0.1) is 0 Å². The van der Waals surface area contributed by atoms with Crippen LogP contribution in [0.5, 0.6) is 0 Å². The van der Waals surface area contributed by atoms with Crippen LogP contribution in [0.3, 0.4) is 0 Å². The van der Waals surface area contributed by atoms with Crippen LogP contribution in [0.2, 0.25) is 0 Å². The van der Waals surface area contributed by atoms with Crippen molar-refractivity contribution in [3.63, 3.8) is 0 Å². The first-order chi connectivity index (χ1) is 38.9. The number of hydrogen-bond donors (Lipinski definition) is 0. The molecular weight excluding hydrogens is 949 g/mol. The van der Waals surface area contributed by atoms with Gasteiger partial charge in [-0.2, -0.15) is 0 Å². The Morgan fingerprint density at radius 3 is 0.835 bits per heavy atom. The molecule has 0 fully saturated rings. The SMILES string of the molecule is CC1(C)c2cc(-c3ccc4ccc(-c5cc6c7ccccc7c7ccccc7c6c6ccccc56)cc4c3)ccc2-c2ccc(-c3ccc4ccc(-c5cc6c7ccccc7c7ccccc7c6c6ccccc56)cc4c3)cc21. The van der Waals surface area contributed by atoms with E-state index in [1.165, 1.54) is 174 Å². The van der Waals surface area contributed by atoms with E-state index in [1.54, 1.807) is 0 Å². The molecule has 0 bridgehead atoms. The molecule has 0 amide bonds. The van der Waals surface area contributed by atoms with Gasteiger partial charge in [-0.1, -0.05) is 232 Å². The van der Waals surface area contributed by atoms with Crippen molar-refractivity contribution in [3.8, 4) is 55.6 Å². The standard InChI is InChI=1S/C79H50/c1-79(2)75-43-51(49-31-27-47-29-33-53(41-55(47)39-49)71-45-73-61-19-5-3-15-57(61)59-17-7-11-23-67(59)77(73)69-25-13-9-21-63(69)71)35-37-65(75)66-38-36-52(44-76(66)79)50-32-28-48-30-34-54(42-56(48)40-50)72-46-74-62-20-6-4-16-58(62)60-18-8-12-24-68(60)78(74)70-26-14-10-22-64(70)72/h3-46H,1-2H3. The zero-order valence-electron chi connectivity index (χ0n) is 43.9. The minimum absolute atomic E-state index is 0.190. The second-order valence-corrected chi connectivity index (χ2v) is 22.7. The van der Waals surface area contributed by atoms with Crippen LogP contribution >= 0.6 is 0 Å². The van der Waals surface area contributed by atoms with Crippen molar-refractivity contribution >= 4 is 108 Å². The van der Waals surface area contributed by atoms with Crippen LogP contribution in [0.25, 0.3) is 163 Å². The lowest BCUT2D eigenvalue weighted by Crippen LogP contribution is -2.15. The Balaban J connectivity index is 0.727. The molecule has 0 atom stereocenters. The topological polar surface area (TPSA) is 0 Å². The lowest BCUT2D eigenvalue weighted by Gasteiger charge is -2.23. The van der Waals surface area contributed by atoms with Crippen molar-refractivity contribution in [3.05, 3.63) is 278 Å².